The average molecular weight is 367 g/mol. The number of allylic oxidation sites excluding steroid dienone is 1. The van der Waals surface area contributed by atoms with Gasteiger partial charge in [0.25, 0.3) is 0 Å². The molecule has 4 nitrogen and oxygen atoms in total. The van der Waals surface area contributed by atoms with Gasteiger partial charge in [-0.2, -0.15) is 14.4 Å². The molecule has 0 amide bonds. The Morgan fingerprint density at radius 1 is 1.36 bits per heavy atom. The zero-order chi connectivity index (χ0) is 18.1. The van der Waals surface area contributed by atoms with Crippen molar-refractivity contribution in [2.75, 3.05) is 18.8 Å². The molecule has 1 aromatic heterocycles. The Balaban J connectivity index is 2.09. The van der Waals surface area contributed by atoms with Crippen LogP contribution in [0.15, 0.2) is 6.58 Å². The van der Waals surface area contributed by atoms with Crippen LogP contribution in [0.3, 0.4) is 0 Å². The van der Waals surface area contributed by atoms with Crippen LogP contribution in [0.4, 0.5) is 14.6 Å². The van der Waals surface area contributed by atoms with Gasteiger partial charge in [-0.05, 0) is 50.8 Å². The molecule has 0 spiro atoms. The van der Waals surface area contributed by atoms with Gasteiger partial charge in [0.05, 0.1) is 10.4 Å². The summed E-state index contributed by atoms with van der Waals surface area (Å²) in [6, 6.07) is 0. The van der Waals surface area contributed by atoms with Crippen molar-refractivity contribution in [1.29, 1.82) is 0 Å². The van der Waals surface area contributed by atoms with Gasteiger partial charge in [-0.15, -0.1) is 0 Å². The molecule has 0 bridgehead atoms. The number of anilines is 1. The van der Waals surface area contributed by atoms with E-state index in [1.807, 2.05) is 0 Å². The molecule has 7 heteroatoms. The third kappa shape index (κ3) is 3.46. The van der Waals surface area contributed by atoms with Gasteiger partial charge in [0, 0.05) is 11.1 Å². The number of nitrogen functional groups attached to an aromatic ring is 1. The molecule has 0 saturated carbocycles. The molecule has 0 aliphatic carbocycles. The van der Waals surface area contributed by atoms with Crippen molar-refractivity contribution in [3.05, 3.63) is 34.6 Å². The number of benzene rings is 1. The van der Waals surface area contributed by atoms with Crippen LogP contribution in [0.2, 0.25) is 5.02 Å². The standard InChI is InChI=1S/C18H21ClF2N4/c1-9(7-11-5-3-4-6-23-8-11)12-13-16(15(20)10(2)14(12)19)24-18(21)25-17(13)22/h11,23H,1,3-8H2,2H3,(H2,22,24,25)/t11-/m1/s1. The molecule has 1 aliphatic rings. The summed E-state index contributed by atoms with van der Waals surface area (Å²) in [6.07, 6.45) is 3.03. The topological polar surface area (TPSA) is 63.8 Å². The maximum absolute atomic E-state index is 14.5. The van der Waals surface area contributed by atoms with Crippen LogP contribution in [0.5, 0.6) is 0 Å². The molecule has 1 aliphatic heterocycles. The van der Waals surface area contributed by atoms with Gasteiger partial charge in [0.1, 0.15) is 11.3 Å². The lowest BCUT2D eigenvalue weighted by molar-refractivity contribution is 0.491. The third-order valence-electron chi connectivity index (χ3n) is 4.78. The molecule has 1 fully saturated rings. The maximum Gasteiger partial charge on any atom is 0.311 e. The molecular formula is C18H21ClF2N4. The molecule has 3 N–H and O–H groups in total. The molecule has 2 aromatic rings. The minimum Gasteiger partial charge on any atom is -0.383 e. The van der Waals surface area contributed by atoms with E-state index in [4.69, 9.17) is 17.3 Å². The van der Waals surface area contributed by atoms with E-state index in [1.54, 1.807) is 0 Å². The van der Waals surface area contributed by atoms with Crippen molar-refractivity contribution in [2.24, 2.45) is 5.92 Å². The summed E-state index contributed by atoms with van der Waals surface area (Å²) in [6.45, 7) is 7.61. The maximum atomic E-state index is 14.5. The molecule has 1 saturated heterocycles. The molecule has 1 aromatic carbocycles. The highest BCUT2D eigenvalue weighted by atomic mass is 35.5. The highest BCUT2D eigenvalue weighted by molar-refractivity contribution is 6.34. The molecule has 134 valence electrons. The molecule has 3 rings (SSSR count). The predicted octanol–water partition coefficient (Wildman–Crippen LogP) is 4.25. The largest absolute Gasteiger partial charge is 0.383 e. The second kappa shape index (κ2) is 7.22. The zero-order valence-electron chi connectivity index (χ0n) is 14.1. The van der Waals surface area contributed by atoms with Crippen LogP contribution in [0.25, 0.3) is 16.5 Å². The normalized spacial score (nSPS) is 18.3. The molecule has 0 radical (unpaired) electrons. The lowest BCUT2D eigenvalue weighted by Crippen LogP contribution is -2.20. The molecule has 1 atom stereocenters. The first-order chi connectivity index (χ1) is 11.9. The van der Waals surface area contributed by atoms with E-state index in [1.165, 1.54) is 6.92 Å². The fraction of sp³-hybridized carbons (Fsp3) is 0.444. The summed E-state index contributed by atoms with van der Waals surface area (Å²) < 4.78 is 28.1. The van der Waals surface area contributed by atoms with E-state index in [-0.39, 0.29) is 27.3 Å². The average Bonchev–Trinajstić information content (AvgIpc) is 2.82. The van der Waals surface area contributed by atoms with Crippen molar-refractivity contribution < 1.29 is 8.78 Å². The van der Waals surface area contributed by atoms with Gasteiger partial charge in [-0.1, -0.05) is 24.6 Å². The monoisotopic (exact) mass is 366 g/mol. The Kier molecular flexibility index (Phi) is 5.20. The van der Waals surface area contributed by atoms with Crippen molar-refractivity contribution in [3.8, 4) is 0 Å². The van der Waals surface area contributed by atoms with E-state index in [0.717, 1.165) is 37.9 Å². The van der Waals surface area contributed by atoms with E-state index in [9.17, 15) is 8.78 Å². The lowest BCUT2D eigenvalue weighted by atomic mass is 9.89. The van der Waals surface area contributed by atoms with Gasteiger partial charge < -0.3 is 11.1 Å². The Hall–Kier alpha value is -1.79. The Morgan fingerprint density at radius 3 is 2.88 bits per heavy atom. The Labute approximate surface area is 150 Å². The zero-order valence-corrected chi connectivity index (χ0v) is 14.9. The number of rotatable bonds is 3. The van der Waals surface area contributed by atoms with Crippen molar-refractivity contribution in [2.45, 2.75) is 32.6 Å². The summed E-state index contributed by atoms with van der Waals surface area (Å²) in [4.78, 5) is 7.14. The van der Waals surface area contributed by atoms with Crippen molar-refractivity contribution in [1.82, 2.24) is 15.3 Å². The smallest absolute Gasteiger partial charge is 0.311 e. The summed E-state index contributed by atoms with van der Waals surface area (Å²) in [7, 11) is 0. The molecular weight excluding hydrogens is 346 g/mol. The van der Waals surface area contributed by atoms with E-state index in [2.05, 4.69) is 21.9 Å². The Bertz CT molecular complexity index is 830. The van der Waals surface area contributed by atoms with Crippen molar-refractivity contribution in [3.63, 3.8) is 0 Å². The first-order valence-corrected chi connectivity index (χ1v) is 8.77. The summed E-state index contributed by atoms with van der Waals surface area (Å²) in [5, 5.41) is 3.88. The van der Waals surface area contributed by atoms with E-state index >= 15 is 0 Å². The number of nitrogens with zero attached hydrogens (tertiary/aromatic N) is 2. The first kappa shape index (κ1) is 18.0. The number of aromatic nitrogens is 2. The van der Waals surface area contributed by atoms with Crippen LogP contribution >= 0.6 is 11.6 Å². The summed E-state index contributed by atoms with van der Waals surface area (Å²) >= 11 is 6.41. The minimum absolute atomic E-state index is 0.126. The van der Waals surface area contributed by atoms with E-state index in [0.29, 0.717) is 17.9 Å². The third-order valence-corrected chi connectivity index (χ3v) is 5.26. The number of halogens is 3. The van der Waals surface area contributed by atoms with Crippen LogP contribution in [0.1, 0.15) is 36.8 Å². The second-order valence-corrected chi connectivity index (χ2v) is 6.98. The van der Waals surface area contributed by atoms with Gasteiger partial charge in [-0.3, -0.25) is 0 Å². The fourth-order valence-electron chi connectivity index (χ4n) is 3.47. The molecule has 0 unspecified atom stereocenters. The van der Waals surface area contributed by atoms with Crippen LogP contribution < -0.4 is 11.1 Å². The van der Waals surface area contributed by atoms with Gasteiger partial charge in [0.15, 0.2) is 5.82 Å². The highest BCUT2D eigenvalue weighted by Crippen LogP contribution is 2.40. The predicted molar refractivity (Wildman–Crippen MR) is 97.5 cm³/mol. The fourth-order valence-corrected chi connectivity index (χ4v) is 3.79. The second-order valence-electron chi connectivity index (χ2n) is 6.60. The van der Waals surface area contributed by atoms with Crippen molar-refractivity contribution >= 4 is 33.9 Å². The highest BCUT2D eigenvalue weighted by Gasteiger charge is 2.24. The number of fused-ring (bicyclic) bond motifs is 1. The van der Waals surface area contributed by atoms with Gasteiger partial charge in [0.2, 0.25) is 0 Å². The van der Waals surface area contributed by atoms with Crippen LogP contribution in [-0.4, -0.2) is 23.1 Å². The molecule has 2 heterocycles. The summed E-state index contributed by atoms with van der Waals surface area (Å²) in [5.74, 6) is -0.395. The van der Waals surface area contributed by atoms with Crippen LogP contribution in [0, 0.1) is 24.7 Å². The minimum atomic E-state index is -1.06. The number of nitrogens with one attached hydrogen (secondary N) is 1. The quantitative estimate of drug-likeness (QED) is 0.797. The van der Waals surface area contributed by atoms with E-state index < -0.39 is 11.9 Å². The van der Waals surface area contributed by atoms with Gasteiger partial charge in [-0.25, -0.2) is 4.39 Å². The number of hydrogen-bond acceptors (Lipinski definition) is 4. The SMILES string of the molecule is C=C(C[C@H]1CCCCNC1)c1c(Cl)c(C)c(F)c2nc(F)nc(N)c12. The first-order valence-electron chi connectivity index (χ1n) is 8.39. The molecule has 25 heavy (non-hydrogen) atoms. The Morgan fingerprint density at radius 2 is 2.12 bits per heavy atom. The lowest BCUT2D eigenvalue weighted by Gasteiger charge is -2.20. The summed E-state index contributed by atoms with van der Waals surface area (Å²) in [5.41, 5.74) is 7.20. The number of nitrogens with two attached hydrogens (primary N) is 1. The van der Waals surface area contributed by atoms with Gasteiger partial charge >= 0.3 is 6.08 Å². The van der Waals surface area contributed by atoms with Crippen LogP contribution in [-0.2, 0) is 0 Å². The number of hydrogen-bond donors (Lipinski definition) is 2.